The van der Waals surface area contributed by atoms with Gasteiger partial charge in [0.25, 0.3) is 11.7 Å². The monoisotopic (exact) mass is 428 g/mol. The van der Waals surface area contributed by atoms with Crippen molar-refractivity contribution in [2.24, 2.45) is 0 Å². The highest BCUT2D eigenvalue weighted by atomic mass is 19.1. The van der Waals surface area contributed by atoms with Crippen LogP contribution in [-0.4, -0.2) is 68.0 Å². The number of nitrogens with zero attached hydrogens (tertiary/aromatic N) is 2. The number of rotatable bonds is 7. The molecule has 0 aliphatic carbocycles. The number of amides is 1. The molecule has 1 aliphatic rings. The molecule has 164 valence electrons. The fourth-order valence-corrected chi connectivity index (χ4v) is 3.66. The van der Waals surface area contributed by atoms with Gasteiger partial charge < -0.3 is 24.4 Å². The van der Waals surface area contributed by atoms with Crippen LogP contribution < -0.4 is 9.47 Å². The summed E-state index contributed by atoms with van der Waals surface area (Å²) in [5.74, 6) is -2.24. The van der Waals surface area contributed by atoms with E-state index < -0.39 is 29.3 Å². The molecule has 7 nitrogen and oxygen atoms in total. The Bertz CT molecular complexity index is 1010. The second-order valence-corrected chi connectivity index (χ2v) is 7.35. The standard InChI is InChI=1S/C23H25FN2O5/c1-25(2)12-13-26-20(14-8-5-6-9-15(14)24)19(22(28)23(26)29)21(27)18-16(30-3)10-7-11-17(18)31-4/h5-11,20,27H,12-13H2,1-4H3/b21-19+. The molecule has 1 atom stereocenters. The van der Waals surface area contributed by atoms with Crippen LogP contribution in [0.5, 0.6) is 11.5 Å². The van der Waals surface area contributed by atoms with Crippen LogP contribution >= 0.6 is 0 Å². The number of benzene rings is 2. The molecule has 0 radical (unpaired) electrons. The fraction of sp³-hybridized carbons (Fsp3) is 0.304. The van der Waals surface area contributed by atoms with Gasteiger partial charge in [0, 0.05) is 18.7 Å². The van der Waals surface area contributed by atoms with Crippen molar-refractivity contribution in [2.75, 3.05) is 41.4 Å². The van der Waals surface area contributed by atoms with E-state index >= 15 is 0 Å². The first-order valence-corrected chi connectivity index (χ1v) is 9.70. The number of halogens is 1. The summed E-state index contributed by atoms with van der Waals surface area (Å²) in [5, 5.41) is 11.2. The zero-order chi connectivity index (χ0) is 22.7. The first-order chi connectivity index (χ1) is 14.8. The molecule has 8 heteroatoms. The molecule has 1 aliphatic heterocycles. The number of ether oxygens (including phenoxy) is 2. The Balaban J connectivity index is 2.27. The average Bonchev–Trinajstić information content (AvgIpc) is 3.01. The van der Waals surface area contributed by atoms with Gasteiger partial charge in [0.05, 0.1) is 25.8 Å². The fourth-order valence-electron chi connectivity index (χ4n) is 3.66. The number of aliphatic hydroxyl groups is 1. The summed E-state index contributed by atoms with van der Waals surface area (Å²) in [6, 6.07) is 9.67. The quantitative estimate of drug-likeness (QED) is 0.415. The van der Waals surface area contributed by atoms with Crippen LogP contribution in [0.4, 0.5) is 4.39 Å². The van der Waals surface area contributed by atoms with Crippen LogP contribution in [0.1, 0.15) is 17.2 Å². The van der Waals surface area contributed by atoms with E-state index in [-0.39, 0.29) is 34.7 Å². The lowest BCUT2D eigenvalue weighted by atomic mass is 9.94. The summed E-state index contributed by atoms with van der Waals surface area (Å²) in [4.78, 5) is 29.1. The third-order valence-corrected chi connectivity index (χ3v) is 5.19. The minimum absolute atomic E-state index is 0.121. The third-order valence-electron chi connectivity index (χ3n) is 5.19. The molecule has 1 saturated heterocycles. The summed E-state index contributed by atoms with van der Waals surface area (Å²) < 4.78 is 25.5. The van der Waals surface area contributed by atoms with Crippen LogP contribution in [0.2, 0.25) is 0 Å². The number of hydrogen-bond acceptors (Lipinski definition) is 6. The second kappa shape index (κ2) is 9.18. The maximum absolute atomic E-state index is 14.8. The summed E-state index contributed by atoms with van der Waals surface area (Å²) in [5.41, 5.74) is 0.0342. The molecule has 2 aromatic carbocycles. The van der Waals surface area contributed by atoms with Gasteiger partial charge in [0.15, 0.2) is 0 Å². The first kappa shape index (κ1) is 22.3. The number of ketones is 1. The number of carbonyl (C=O) groups excluding carboxylic acids is 2. The Hall–Kier alpha value is -3.39. The summed E-state index contributed by atoms with van der Waals surface area (Å²) in [6.07, 6.45) is 0. The van der Waals surface area contributed by atoms with Crippen molar-refractivity contribution >= 4 is 17.4 Å². The van der Waals surface area contributed by atoms with Gasteiger partial charge in [-0.15, -0.1) is 0 Å². The van der Waals surface area contributed by atoms with Crippen molar-refractivity contribution in [3.63, 3.8) is 0 Å². The second-order valence-electron chi connectivity index (χ2n) is 7.35. The average molecular weight is 428 g/mol. The molecule has 0 spiro atoms. The predicted octanol–water partition coefficient (Wildman–Crippen LogP) is 2.83. The molecule has 0 saturated carbocycles. The van der Waals surface area contributed by atoms with Gasteiger partial charge in [-0.1, -0.05) is 24.3 Å². The summed E-state index contributed by atoms with van der Waals surface area (Å²) in [7, 11) is 6.48. The van der Waals surface area contributed by atoms with Crippen LogP contribution in [0, 0.1) is 5.82 Å². The number of likely N-dealkylation sites (tertiary alicyclic amines) is 1. The van der Waals surface area contributed by atoms with Crippen molar-refractivity contribution in [1.82, 2.24) is 9.80 Å². The molecule has 0 bridgehead atoms. The molecule has 2 aromatic rings. The zero-order valence-electron chi connectivity index (χ0n) is 17.9. The van der Waals surface area contributed by atoms with Crippen LogP contribution in [0.3, 0.4) is 0 Å². The molecule has 1 fully saturated rings. The normalized spacial score (nSPS) is 18.0. The minimum atomic E-state index is -1.09. The Morgan fingerprint density at radius 3 is 2.23 bits per heavy atom. The molecular formula is C23H25FN2O5. The molecule has 1 amide bonds. The van der Waals surface area contributed by atoms with E-state index in [0.717, 1.165) is 0 Å². The largest absolute Gasteiger partial charge is 0.506 e. The smallest absolute Gasteiger partial charge is 0.295 e. The van der Waals surface area contributed by atoms with Crippen LogP contribution in [0.25, 0.3) is 5.76 Å². The van der Waals surface area contributed by atoms with Gasteiger partial charge in [0.2, 0.25) is 0 Å². The molecule has 31 heavy (non-hydrogen) atoms. The molecular weight excluding hydrogens is 403 g/mol. The maximum atomic E-state index is 14.8. The van der Waals surface area contributed by atoms with E-state index in [9.17, 15) is 19.1 Å². The van der Waals surface area contributed by atoms with E-state index in [1.807, 2.05) is 19.0 Å². The third kappa shape index (κ3) is 4.11. The Kier molecular flexibility index (Phi) is 6.60. The van der Waals surface area contributed by atoms with Crippen LogP contribution in [-0.2, 0) is 9.59 Å². The lowest BCUT2D eigenvalue weighted by Gasteiger charge is -2.27. The highest BCUT2D eigenvalue weighted by Crippen LogP contribution is 2.43. The number of carbonyl (C=O) groups is 2. The van der Waals surface area contributed by atoms with Crippen LogP contribution in [0.15, 0.2) is 48.0 Å². The van der Waals surface area contributed by atoms with E-state index in [2.05, 4.69) is 0 Å². The van der Waals surface area contributed by atoms with E-state index in [1.54, 1.807) is 24.3 Å². The topological polar surface area (TPSA) is 79.3 Å². The number of methoxy groups -OCH3 is 2. The van der Waals surface area contributed by atoms with Crippen molar-refractivity contribution in [3.8, 4) is 11.5 Å². The van der Waals surface area contributed by atoms with Gasteiger partial charge in [-0.2, -0.15) is 0 Å². The molecule has 1 heterocycles. The van der Waals surface area contributed by atoms with Gasteiger partial charge in [-0.3, -0.25) is 9.59 Å². The van der Waals surface area contributed by atoms with Gasteiger partial charge in [-0.25, -0.2) is 4.39 Å². The number of Topliss-reactive ketones (excluding diaryl/α,β-unsaturated/α-hetero) is 1. The number of likely N-dealkylation sites (N-methyl/N-ethyl adjacent to an activating group) is 1. The number of hydrogen-bond donors (Lipinski definition) is 1. The predicted molar refractivity (Wildman–Crippen MR) is 114 cm³/mol. The van der Waals surface area contributed by atoms with Crippen molar-refractivity contribution in [3.05, 3.63) is 65.0 Å². The van der Waals surface area contributed by atoms with Crippen molar-refractivity contribution < 1.29 is 28.6 Å². The highest BCUT2D eigenvalue weighted by Gasteiger charge is 2.47. The Labute approximate surface area is 180 Å². The highest BCUT2D eigenvalue weighted by molar-refractivity contribution is 6.46. The Morgan fingerprint density at radius 2 is 1.68 bits per heavy atom. The van der Waals surface area contributed by atoms with Gasteiger partial charge in [0.1, 0.15) is 28.6 Å². The number of aliphatic hydroxyl groups excluding tert-OH is 1. The lowest BCUT2D eigenvalue weighted by molar-refractivity contribution is -0.140. The zero-order valence-corrected chi connectivity index (χ0v) is 17.9. The Morgan fingerprint density at radius 1 is 1.06 bits per heavy atom. The van der Waals surface area contributed by atoms with Gasteiger partial charge in [-0.05, 0) is 32.3 Å². The summed E-state index contributed by atoms with van der Waals surface area (Å²) in [6.45, 7) is 0.631. The van der Waals surface area contributed by atoms with E-state index in [0.29, 0.717) is 6.54 Å². The summed E-state index contributed by atoms with van der Waals surface area (Å²) >= 11 is 0. The molecule has 1 unspecified atom stereocenters. The minimum Gasteiger partial charge on any atom is -0.506 e. The SMILES string of the molecule is COc1cccc(OC)c1/C(O)=C1\C(=O)C(=O)N(CCN(C)C)C1c1ccccc1F. The lowest BCUT2D eigenvalue weighted by Crippen LogP contribution is -2.35. The maximum Gasteiger partial charge on any atom is 0.295 e. The first-order valence-electron chi connectivity index (χ1n) is 9.70. The molecule has 3 rings (SSSR count). The van der Waals surface area contributed by atoms with Crippen molar-refractivity contribution in [2.45, 2.75) is 6.04 Å². The van der Waals surface area contributed by atoms with Crippen molar-refractivity contribution in [1.29, 1.82) is 0 Å². The van der Waals surface area contributed by atoms with E-state index in [4.69, 9.17) is 9.47 Å². The molecule has 0 aromatic heterocycles. The van der Waals surface area contributed by atoms with Gasteiger partial charge >= 0.3 is 0 Å². The molecule has 1 N–H and O–H groups in total. The van der Waals surface area contributed by atoms with E-state index in [1.165, 1.54) is 37.3 Å².